The molecule has 0 aliphatic heterocycles. The summed E-state index contributed by atoms with van der Waals surface area (Å²) in [4.78, 5) is 17.6. The van der Waals surface area contributed by atoms with Gasteiger partial charge in [-0.25, -0.2) is 24.6 Å². The van der Waals surface area contributed by atoms with Crippen molar-refractivity contribution < 1.29 is 0 Å². The molecule has 3 aromatic heterocycles. The third-order valence-electron chi connectivity index (χ3n) is 4.56. The maximum atomic E-state index is 4.69. The fourth-order valence-electron chi connectivity index (χ4n) is 3.01. The van der Waals surface area contributed by atoms with E-state index in [2.05, 4.69) is 62.5 Å². The third kappa shape index (κ3) is 3.36. The van der Waals surface area contributed by atoms with Crippen LogP contribution in [-0.4, -0.2) is 34.3 Å². The lowest BCUT2D eigenvalue weighted by Crippen LogP contribution is -2.09. The minimum atomic E-state index is 0.116. The highest BCUT2D eigenvalue weighted by Crippen LogP contribution is 2.25. The number of aromatic nitrogens is 7. The van der Waals surface area contributed by atoms with Gasteiger partial charge in [0.05, 0.1) is 11.7 Å². The van der Waals surface area contributed by atoms with Gasteiger partial charge < -0.3 is 4.57 Å². The molecule has 7 heteroatoms. The van der Waals surface area contributed by atoms with E-state index in [1.54, 1.807) is 17.2 Å². The van der Waals surface area contributed by atoms with Gasteiger partial charge in [-0.2, -0.15) is 5.10 Å². The van der Waals surface area contributed by atoms with E-state index in [1.807, 2.05) is 30.6 Å². The van der Waals surface area contributed by atoms with E-state index < -0.39 is 0 Å². The lowest BCUT2D eigenvalue weighted by Gasteiger charge is -2.17. The zero-order valence-corrected chi connectivity index (χ0v) is 15.6. The standard InChI is InChI=1S/C20H21N7/c1-14(2)19-22-9-8-18(25-19)20-23-10-11-26(20)15(3)16-4-6-17(7-5-16)27-13-21-12-24-27/h4-15H,1-3H3/t15-/m1/s1. The van der Waals surface area contributed by atoms with Crippen molar-refractivity contribution >= 4 is 0 Å². The van der Waals surface area contributed by atoms with Crippen molar-refractivity contribution in [1.29, 1.82) is 0 Å². The van der Waals surface area contributed by atoms with E-state index in [-0.39, 0.29) is 12.0 Å². The second kappa shape index (κ2) is 7.11. The highest BCUT2D eigenvalue weighted by molar-refractivity contribution is 5.50. The highest BCUT2D eigenvalue weighted by Gasteiger charge is 2.16. The molecule has 1 atom stereocenters. The van der Waals surface area contributed by atoms with Crippen LogP contribution < -0.4 is 0 Å². The predicted octanol–water partition coefficient (Wildman–Crippen LogP) is 3.65. The molecule has 0 spiro atoms. The fraction of sp³-hybridized carbons (Fsp3) is 0.250. The van der Waals surface area contributed by atoms with Gasteiger partial charge in [0, 0.05) is 24.5 Å². The van der Waals surface area contributed by atoms with Gasteiger partial charge >= 0.3 is 0 Å². The number of rotatable bonds is 5. The van der Waals surface area contributed by atoms with Crippen LogP contribution in [0, 0.1) is 0 Å². The molecule has 0 aliphatic rings. The molecule has 4 aromatic rings. The van der Waals surface area contributed by atoms with Crippen molar-refractivity contribution in [2.75, 3.05) is 0 Å². The first-order valence-electron chi connectivity index (χ1n) is 8.94. The maximum Gasteiger partial charge on any atom is 0.159 e. The minimum Gasteiger partial charge on any atom is -0.322 e. The lowest BCUT2D eigenvalue weighted by atomic mass is 10.1. The Labute approximate surface area is 157 Å². The van der Waals surface area contributed by atoms with Gasteiger partial charge in [-0.3, -0.25) is 0 Å². The summed E-state index contributed by atoms with van der Waals surface area (Å²) in [5.41, 5.74) is 2.99. The molecular weight excluding hydrogens is 338 g/mol. The number of hydrogen-bond acceptors (Lipinski definition) is 5. The topological polar surface area (TPSA) is 74.3 Å². The summed E-state index contributed by atoms with van der Waals surface area (Å²) in [6.45, 7) is 6.33. The van der Waals surface area contributed by atoms with Crippen LogP contribution in [0.25, 0.3) is 17.2 Å². The Morgan fingerprint density at radius 3 is 2.44 bits per heavy atom. The van der Waals surface area contributed by atoms with Crippen LogP contribution in [0.2, 0.25) is 0 Å². The number of benzene rings is 1. The molecular formula is C20H21N7. The Kier molecular flexibility index (Phi) is 4.50. The molecule has 7 nitrogen and oxygen atoms in total. The van der Waals surface area contributed by atoms with E-state index in [9.17, 15) is 0 Å². The summed E-state index contributed by atoms with van der Waals surface area (Å²) in [6, 6.07) is 10.3. The number of nitrogens with zero attached hydrogens (tertiary/aromatic N) is 7. The van der Waals surface area contributed by atoms with E-state index in [1.165, 1.54) is 11.9 Å². The van der Waals surface area contributed by atoms with Gasteiger partial charge in [0.15, 0.2) is 5.82 Å². The van der Waals surface area contributed by atoms with E-state index in [0.717, 1.165) is 23.0 Å². The molecule has 0 N–H and O–H groups in total. The van der Waals surface area contributed by atoms with Crippen LogP contribution in [-0.2, 0) is 0 Å². The molecule has 0 fully saturated rings. The maximum absolute atomic E-state index is 4.69. The number of hydrogen-bond donors (Lipinski definition) is 0. The fourth-order valence-corrected chi connectivity index (χ4v) is 3.01. The SMILES string of the molecule is CC(C)c1nccc(-c2nccn2[C@H](C)c2ccc(-n3cncn3)cc2)n1. The third-order valence-corrected chi connectivity index (χ3v) is 4.56. The summed E-state index contributed by atoms with van der Waals surface area (Å²) >= 11 is 0. The largest absolute Gasteiger partial charge is 0.322 e. The van der Waals surface area contributed by atoms with Crippen LogP contribution in [0.4, 0.5) is 0 Å². The summed E-state index contributed by atoms with van der Waals surface area (Å²) in [5, 5.41) is 4.16. The zero-order valence-electron chi connectivity index (χ0n) is 15.6. The monoisotopic (exact) mass is 359 g/mol. The van der Waals surface area contributed by atoms with Gasteiger partial charge in [-0.15, -0.1) is 0 Å². The van der Waals surface area contributed by atoms with Crippen molar-refractivity contribution in [3.63, 3.8) is 0 Å². The van der Waals surface area contributed by atoms with Gasteiger partial charge in [-0.05, 0) is 30.7 Å². The Balaban J connectivity index is 1.65. The molecule has 3 heterocycles. The van der Waals surface area contributed by atoms with E-state index in [4.69, 9.17) is 0 Å². The van der Waals surface area contributed by atoms with Gasteiger partial charge in [0.1, 0.15) is 24.2 Å². The van der Waals surface area contributed by atoms with Crippen LogP contribution >= 0.6 is 0 Å². The molecule has 0 saturated heterocycles. The summed E-state index contributed by atoms with van der Waals surface area (Å²) in [6.07, 6.45) is 8.82. The zero-order chi connectivity index (χ0) is 18.8. The van der Waals surface area contributed by atoms with Gasteiger partial charge in [0.25, 0.3) is 0 Å². The second-order valence-electron chi connectivity index (χ2n) is 6.72. The summed E-state index contributed by atoms with van der Waals surface area (Å²) in [7, 11) is 0. The molecule has 27 heavy (non-hydrogen) atoms. The predicted molar refractivity (Wildman–Crippen MR) is 103 cm³/mol. The minimum absolute atomic E-state index is 0.116. The lowest BCUT2D eigenvalue weighted by molar-refractivity contribution is 0.643. The highest BCUT2D eigenvalue weighted by atomic mass is 15.3. The van der Waals surface area contributed by atoms with E-state index >= 15 is 0 Å². The Bertz CT molecular complexity index is 1020. The van der Waals surface area contributed by atoms with Gasteiger partial charge in [0.2, 0.25) is 0 Å². The molecule has 136 valence electrons. The molecule has 0 bridgehead atoms. The quantitative estimate of drug-likeness (QED) is 0.544. The Hall–Kier alpha value is -3.35. The Morgan fingerprint density at radius 1 is 0.926 bits per heavy atom. The average Bonchev–Trinajstić information content (AvgIpc) is 3.39. The first-order valence-corrected chi connectivity index (χ1v) is 8.94. The second-order valence-corrected chi connectivity index (χ2v) is 6.72. The van der Waals surface area contributed by atoms with Crippen LogP contribution in [0.15, 0.2) is 61.6 Å². The molecule has 0 unspecified atom stereocenters. The summed E-state index contributed by atoms with van der Waals surface area (Å²) in [5.74, 6) is 1.94. The van der Waals surface area contributed by atoms with E-state index in [0.29, 0.717) is 0 Å². The molecule has 0 aliphatic carbocycles. The van der Waals surface area contributed by atoms with Gasteiger partial charge in [-0.1, -0.05) is 26.0 Å². The first-order chi connectivity index (χ1) is 13.1. The molecule has 0 saturated carbocycles. The normalized spacial score (nSPS) is 12.4. The molecule has 0 amide bonds. The van der Waals surface area contributed by atoms with Crippen molar-refractivity contribution in [3.05, 3.63) is 73.0 Å². The van der Waals surface area contributed by atoms with Crippen molar-refractivity contribution in [1.82, 2.24) is 34.3 Å². The van der Waals surface area contributed by atoms with Crippen molar-refractivity contribution in [3.8, 4) is 17.2 Å². The smallest absolute Gasteiger partial charge is 0.159 e. The number of imidazole rings is 1. The van der Waals surface area contributed by atoms with Crippen LogP contribution in [0.3, 0.4) is 0 Å². The molecule has 0 radical (unpaired) electrons. The van der Waals surface area contributed by atoms with Crippen molar-refractivity contribution in [2.24, 2.45) is 0 Å². The Morgan fingerprint density at radius 2 is 1.74 bits per heavy atom. The first kappa shape index (κ1) is 17.1. The van der Waals surface area contributed by atoms with Crippen molar-refractivity contribution in [2.45, 2.75) is 32.7 Å². The van der Waals surface area contributed by atoms with Crippen LogP contribution in [0.1, 0.15) is 44.1 Å². The van der Waals surface area contributed by atoms with Crippen LogP contribution in [0.5, 0.6) is 0 Å². The summed E-state index contributed by atoms with van der Waals surface area (Å²) < 4.78 is 3.88. The molecule has 1 aromatic carbocycles. The average molecular weight is 359 g/mol. The molecule has 4 rings (SSSR count).